The Morgan fingerprint density at radius 2 is 1.03 bits per heavy atom. The Morgan fingerprint density at radius 3 is 1.35 bits per heavy atom. The van der Waals surface area contributed by atoms with E-state index in [-0.39, 0.29) is 35.8 Å². The Balaban J connectivity index is 0.000000362. The minimum atomic E-state index is -1.91. The van der Waals surface area contributed by atoms with Gasteiger partial charge in [-0.05, 0) is 23.3 Å². The fourth-order valence-electron chi connectivity index (χ4n) is 2.12. The fourth-order valence-corrected chi connectivity index (χ4v) is 2.12. The molecule has 34 heavy (non-hydrogen) atoms. The van der Waals surface area contributed by atoms with E-state index in [2.05, 4.69) is 22.6 Å². The molecular weight excluding hydrogens is 460 g/mol. The molecular formula is C24H20F4O6. The molecule has 0 heterocycles. The summed E-state index contributed by atoms with van der Waals surface area (Å²) < 4.78 is 66.7. The van der Waals surface area contributed by atoms with Crippen molar-refractivity contribution >= 4 is 24.5 Å². The van der Waals surface area contributed by atoms with Crippen LogP contribution in [-0.4, -0.2) is 25.5 Å². The van der Waals surface area contributed by atoms with E-state index in [4.69, 9.17) is 9.47 Å². The minimum absolute atomic E-state index is 0.0171. The zero-order valence-corrected chi connectivity index (χ0v) is 17.7. The van der Waals surface area contributed by atoms with Crippen LogP contribution in [0.2, 0.25) is 0 Å². The Kier molecular flexibility index (Phi) is 12.6. The lowest BCUT2D eigenvalue weighted by Crippen LogP contribution is -2.14. The highest BCUT2D eigenvalue weighted by Gasteiger charge is 2.14. The third kappa shape index (κ3) is 11.3. The van der Waals surface area contributed by atoms with Crippen molar-refractivity contribution in [3.63, 3.8) is 0 Å². The summed E-state index contributed by atoms with van der Waals surface area (Å²) in [4.78, 5) is 22.6. The average Bonchev–Trinajstić information content (AvgIpc) is 2.79. The molecule has 0 aliphatic carbocycles. The maximum atomic E-state index is 11.9. The van der Waals surface area contributed by atoms with Crippen molar-refractivity contribution in [3.8, 4) is 11.5 Å². The molecule has 2 rings (SSSR count). The number of ether oxygens (including phenoxy) is 4. The van der Waals surface area contributed by atoms with Gasteiger partial charge in [0.1, 0.15) is 13.2 Å². The lowest BCUT2D eigenvalue weighted by molar-refractivity contribution is 0.0992. The summed E-state index contributed by atoms with van der Waals surface area (Å²) in [5, 5.41) is 0. The molecule has 0 aliphatic rings. The molecule has 6 nitrogen and oxygen atoms in total. The molecule has 0 amide bonds. The van der Waals surface area contributed by atoms with Gasteiger partial charge in [0, 0.05) is 12.2 Å². The van der Waals surface area contributed by atoms with E-state index >= 15 is 0 Å². The molecule has 0 aliphatic heterocycles. The molecule has 180 valence electrons. The van der Waals surface area contributed by atoms with Crippen LogP contribution >= 0.6 is 0 Å². The molecule has 0 saturated carbocycles. The number of hydrogen-bond donors (Lipinski definition) is 0. The van der Waals surface area contributed by atoms with Crippen LogP contribution < -0.4 is 9.47 Å². The second-order valence-electron chi connectivity index (χ2n) is 5.85. The van der Waals surface area contributed by atoms with Crippen LogP contribution in [0.15, 0.2) is 86.0 Å². The zero-order chi connectivity index (χ0) is 25.3. The first-order valence-corrected chi connectivity index (χ1v) is 9.41. The van der Waals surface area contributed by atoms with Gasteiger partial charge in [0.15, 0.2) is 11.5 Å². The molecule has 0 saturated heterocycles. The lowest BCUT2D eigenvalue weighted by Gasteiger charge is -2.09. The summed E-state index contributed by atoms with van der Waals surface area (Å²) in [7, 11) is 0. The van der Waals surface area contributed by atoms with Gasteiger partial charge in [0.25, 0.3) is 12.2 Å². The van der Waals surface area contributed by atoms with Gasteiger partial charge >= 0.3 is 12.3 Å². The quantitative estimate of drug-likeness (QED) is 0.172. The second kappa shape index (κ2) is 15.5. The van der Waals surface area contributed by atoms with Crippen LogP contribution in [0.4, 0.5) is 27.2 Å². The predicted octanol–water partition coefficient (Wildman–Crippen LogP) is 7.25. The average molecular weight is 480 g/mol. The first kappa shape index (κ1) is 27.7. The number of halogens is 4. The third-order valence-corrected chi connectivity index (χ3v) is 3.40. The van der Waals surface area contributed by atoms with E-state index in [1.165, 1.54) is 48.6 Å². The molecule has 0 aromatic heterocycles. The van der Waals surface area contributed by atoms with Gasteiger partial charge in [-0.25, -0.2) is 9.59 Å². The summed E-state index contributed by atoms with van der Waals surface area (Å²) in [5.74, 6) is 0.0780. The Morgan fingerprint density at radius 1 is 0.676 bits per heavy atom. The predicted molar refractivity (Wildman–Crippen MR) is 118 cm³/mol. The lowest BCUT2D eigenvalue weighted by atomic mass is 10.1. The smallest absolute Gasteiger partial charge is 0.430 e. The highest BCUT2D eigenvalue weighted by Crippen LogP contribution is 2.27. The van der Waals surface area contributed by atoms with Crippen LogP contribution in [0.25, 0.3) is 12.2 Å². The van der Waals surface area contributed by atoms with Gasteiger partial charge in [-0.15, -0.1) is 0 Å². The Bertz CT molecular complexity index is 959. The maximum Gasteiger partial charge on any atom is 0.514 e. The SMILES string of the molecule is C=CCOC(=O)Oc1ccccc1OC(=O)OCC=C.FC(F)=Cc1ccccc1C=C(F)F. The van der Waals surface area contributed by atoms with Crippen LogP contribution in [0.3, 0.4) is 0 Å². The van der Waals surface area contributed by atoms with Crippen molar-refractivity contribution in [3.05, 3.63) is 97.1 Å². The first-order chi connectivity index (χ1) is 16.3. The monoisotopic (exact) mass is 480 g/mol. The van der Waals surface area contributed by atoms with Gasteiger partial charge in [-0.2, -0.15) is 17.6 Å². The van der Waals surface area contributed by atoms with Crippen LogP contribution in [0.1, 0.15) is 11.1 Å². The van der Waals surface area contributed by atoms with Gasteiger partial charge in [0.05, 0.1) is 0 Å². The normalized spacial score (nSPS) is 9.29. The van der Waals surface area contributed by atoms with Crippen molar-refractivity contribution in [1.82, 2.24) is 0 Å². The van der Waals surface area contributed by atoms with E-state index in [0.29, 0.717) is 12.2 Å². The van der Waals surface area contributed by atoms with Gasteiger partial charge < -0.3 is 18.9 Å². The highest BCUT2D eigenvalue weighted by atomic mass is 19.3. The van der Waals surface area contributed by atoms with E-state index < -0.39 is 24.5 Å². The molecule has 2 aromatic rings. The number of carbonyl (C=O) groups excluding carboxylic acids is 2. The molecule has 0 N–H and O–H groups in total. The van der Waals surface area contributed by atoms with E-state index in [1.54, 1.807) is 12.1 Å². The zero-order valence-electron chi connectivity index (χ0n) is 17.7. The summed E-state index contributed by atoms with van der Waals surface area (Å²) in [6.45, 7) is 6.83. The first-order valence-electron chi connectivity index (χ1n) is 9.41. The summed E-state index contributed by atoms with van der Waals surface area (Å²) in [6.07, 6.45) is -1.79. The van der Waals surface area contributed by atoms with Crippen molar-refractivity contribution < 1.29 is 46.1 Å². The molecule has 2 aromatic carbocycles. The molecule has 0 fully saturated rings. The van der Waals surface area contributed by atoms with Crippen molar-refractivity contribution in [2.75, 3.05) is 13.2 Å². The van der Waals surface area contributed by atoms with Crippen molar-refractivity contribution in [1.29, 1.82) is 0 Å². The summed E-state index contributed by atoms with van der Waals surface area (Å²) >= 11 is 0. The highest BCUT2D eigenvalue weighted by molar-refractivity contribution is 5.69. The topological polar surface area (TPSA) is 71.1 Å². The minimum Gasteiger partial charge on any atom is -0.430 e. The number of para-hydroxylation sites is 2. The summed E-state index contributed by atoms with van der Waals surface area (Å²) in [6, 6.07) is 11.8. The largest absolute Gasteiger partial charge is 0.514 e. The van der Waals surface area contributed by atoms with E-state index in [9.17, 15) is 27.2 Å². The third-order valence-electron chi connectivity index (χ3n) is 3.40. The maximum absolute atomic E-state index is 11.9. The van der Waals surface area contributed by atoms with Gasteiger partial charge in [-0.1, -0.05) is 61.7 Å². The number of carbonyl (C=O) groups is 2. The second-order valence-corrected chi connectivity index (χ2v) is 5.85. The Hall–Kier alpha value is -4.34. The van der Waals surface area contributed by atoms with Crippen LogP contribution in [0.5, 0.6) is 11.5 Å². The van der Waals surface area contributed by atoms with Gasteiger partial charge in [-0.3, -0.25) is 0 Å². The summed E-state index contributed by atoms with van der Waals surface area (Å²) in [5.41, 5.74) is 0.139. The van der Waals surface area contributed by atoms with Crippen LogP contribution in [0, 0.1) is 0 Å². The number of rotatable bonds is 8. The molecule has 0 bridgehead atoms. The molecule has 0 spiro atoms. The standard InChI is InChI=1S/C14H14O6.C10H6F4/c1-3-9-17-13(15)19-11-7-5-6-8-12(11)20-14(16)18-10-4-2;11-9(12)5-7-3-1-2-4-8(7)6-10(13)14/h3-8H,1-2,9-10H2;1-6H. The number of benzene rings is 2. The molecule has 10 heteroatoms. The molecule has 0 radical (unpaired) electrons. The number of hydrogen-bond acceptors (Lipinski definition) is 6. The van der Waals surface area contributed by atoms with E-state index in [0.717, 1.165) is 0 Å². The Labute approximate surface area is 193 Å². The fraction of sp³-hybridized carbons (Fsp3) is 0.0833. The van der Waals surface area contributed by atoms with Crippen LogP contribution in [-0.2, 0) is 9.47 Å². The van der Waals surface area contributed by atoms with Crippen molar-refractivity contribution in [2.24, 2.45) is 0 Å². The van der Waals surface area contributed by atoms with Crippen molar-refractivity contribution in [2.45, 2.75) is 0 Å². The van der Waals surface area contributed by atoms with E-state index in [1.807, 2.05) is 0 Å². The molecule has 0 atom stereocenters. The van der Waals surface area contributed by atoms with Gasteiger partial charge in [0.2, 0.25) is 0 Å². The molecule has 0 unspecified atom stereocenters.